The van der Waals surface area contributed by atoms with Crippen LogP contribution in [0.2, 0.25) is 0 Å². The minimum Gasteiger partial charge on any atom is -0.468 e. The maximum Gasteiger partial charge on any atom is 0.325 e. The number of esters is 1. The highest BCUT2D eigenvalue weighted by atomic mass is 19.1. The Hall–Kier alpha value is -1.46. The van der Waals surface area contributed by atoms with Gasteiger partial charge in [-0.05, 0) is 17.7 Å². The molecule has 5 heteroatoms. The molecule has 82 valence electrons. The average molecular weight is 213 g/mol. The van der Waals surface area contributed by atoms with Gasteiger partial charge in [0.25, 0.3) is 0 Å². The Balaban J connectivity index is 2.84. The Morgan fingerprint density at radius 1 is 1.60 bits per heavy atom. The first kappa shape index (κ1) is 11.6. The molecule has 15 heavy (non-hydrogen) atoms. The third kappa shape index (κ3) is 2.74. The summed E-state index contributed by atoms with van der Waals surface area (Å²) in [6.45, 7) is 0. The van der Waals surface area contributed by atoms with Gasteiger partial charge in [0.05, 0.1) is 7.11 Å². The molecule has 0 unspecified atom stereocenters. The van der Waals surface area contributed by atoms with Crippen molar-refractivity contribution in [2.24, 2.45) is 5.73 Å². The van der Waals surface area contributed by atoms with Gasteiger partial charge < -0.3 is 15.6 Å². The molecule has 0 bridgehead atoms. The Morgan fingerprint density at radius 2 is 2.27 bits per heavy atom. The third-order valence-electron chi connectivity index (χ3n) is 2.00. The van der Waals surface area contributed by atoms with Gasteiger partial charge in [0.1, 0.15) is 18.0 Å². The van der Waals surface area contributed by atoms with Crippen molar-refractivity contribution in [3.8, 4) is 0 Å². The molecule has 0 amide bonds. The van der Waals surface area contributed by atoms with Crippen LogP contribution in [0.4, 0.5) is 4.39 Å². The molecule has 0 aliphatic carbocycles. The van der Waals surface area contributed by atoms with Crippen molar-refractivity contribution < 1.29 is 19.0 Å². The number of carbonyl (C=O) groups is 1. The molecule has 0 aliphatic heterocycles. The minimum atomic E-state index is -1.27. The van der Waals surface area contributed by atoms with Gasteiger partial charge in [0.15, 0.2) is 0 Å². The Labute approximate surface area is 86.5 Å². The highest BCUT2D eigenvalue weighted by Crippen LogP contribution is 2.17. The van der Waals surface area contributed by atoms with E-state index in [0.29, 0.717) is 0 Å². The smallest absolute Gasteiger partial charge is 0.325 e. The van der Waals surface area contributed by atoms with Gasteiger partial charge in [-0.1, -0.05) is 12.1 Å². The number of hydrogen-bond acceptors (Lipinski definition) is 4. The summed E-state index contributed by atoms with van der Waals surface area (Å²) in [5.41, 5.74) is 5.65. The number of carbonyl (C=O) groups excluding carboxylic acids is 1. The standard InChI is InChI=1S/C10H12FNO3/c1-15-10(14)8(12)9(13)6-3-2-4-7(11)5-6/h2-5,8-9,13H,12H2,1H3/t8-,9-/m1/s1. The maximum atomic E-state index is 12.8. The molecule has 0 aliphatic rings. The number of rotatable bonds is 3. The second kappa shape index (κ2) is 4.86. The number of benzene rings is 1. The van der Waals surface area contributed by atoms with Crippen molar-refractivity contribution in [1.82, 2.24) is 0 Å². The van der Waals surface area contributed by atoms with Crippen LogP contribution in [0.5, 0.6) is 0 Å². The van der Waals surface area contributed by atoms with E-state index in [-0.39, 0.29) is 5.56 Å². The van der Waals surface area contributed by atoms with E-state index in [1.165, 1.54) is 25.3 Å². The van der Waals surface area contributed by atoms with Crippen LogP contribution < -0.4 is 5.73 Å². The van der Waals surface area contributed by atoms with Gasteiger partial charge in [0.2, 0.25) is 0 Å². The number of aliphatic hydroxyl groups excluding tert-OH is 1. The molecule has 0 radical (unpaired) electrons. The van der Waals surface area contributed by atoms with Gasteiger partial charge in [-0.3, -0.25) is 4.79 Å². The first-order valence-electron chi connectivity index (χ1n) is 4.33. The fourth-order valence-electron chi connectivity index (χ4n) is 1.16. The summed E-state index contributed by atoms with van der Waals surface area (Å²) in [5, 5.41) is 9.62. The lowest BCUT2D eigenvalue weighted by molar-refractivity contribution is -0.145. The van der Waals surface area contributed by atoms with Gasteiger partial charge in [0, 0.05) is 0 Å². The van der Waals surface area contributed by atoms with Crippen molar-refractivity contribution >= 4 is 5.97 Å². The Kier molecular flexibility index (Phi) is 3.76. The van der Waals surface area contributed by atoms with Crippen LogP contribution >= 0.6 is 0 Å². The predicted molar refractivity (Wildman–Crippen MR) is 51.4 cm³/mol. The topological polar surface area (TPSA) is 72.5 Å². The van der Waals surface area contributed by atoms with Gasteiger partial charge in [-0.15, -0.1) is 0 Å². The summed E-state index contributed by atoms with van der Waals surface area (Å²) in [5.74, 6) is -1.24. The number of halogens is 1. The Morgan fingerprint density at radius 3 is 2.80 bits per heavy atom. The van der Waals surface area contributed by atoms with E-state index in [4.69, 9.17) is 5.73 Å². The number of hydrogen-bond donors (Lipinski definition) is 2. The lowest BCUT2D eigenvalue weighted by atomic mass is 10.0. The molecule has 0 aromatic heterocycles. The van der Waals surface area contributed by atoms with Crippen LogP contribution in [0.3, 0.4) is 0 Å². The van der Waals surface area contributed by atoms with E-state index >= 15 is 0 Å². The zero-order chi connectivity index (χ0) is 11.4. The molecule has 0 fully saturated rings. The minimum absolute atomic E-state index is 0.243. The van der Waals surface area contributed by atoms with Crippen LogP contribution in [-0.2, 0) is 9.53 Å². The number of aliphatic hydroxyl groups is 1. The summed E-state index contributed by atoms with van der Waals surface area (Å²) in [4.78, 5) is 11.0. The highest BCUT2D eigenvalue weighted by molar-refractivity contribution is 5.76. The second-order valence-electron chi connectivity index (χ2n) is 3.05. The van der Waals surface area contributed by atoms with Crippen LogP contribution in [0.15, 0.2) is 24.3 Å². The van der Waals surface area contributed by atoms with E-state index in [0.717, 1.165) is 6.07 Å². The first-order chi connectivity index (χ1) is 7.06. The molecule has 3 N–H and O–H groups in total. The highest BCUT2D eigenvalue weighted by Gasteiger charge is 2.24. The number of nitrogens with two attached hydrogens (primary N) is 1. The molecule has 0 heterocycles. The molecular weight excluding hydrogens is 201 g/mol. The zero-order valence-corrected chi connectivity index (χ0v) is 8.18. The van der Waals surface area contributed by atoms with E-state index in [1.54, 1.807) is 0 Å². The molecule has 4 nitrogen and oxygen atoms in total. The number of methoxy groups -OCH3 is 1. The van der Waals surface area contributed by atoms with E-state index in [9.17, 15) is 14.3 Å². The van der Waals surface area contributed by atoms with E-state index < -0.39 is 23.9 Å². The predicted octanol–water partition coefficient (Wildman–Crippen LogP) is 0.359. The van der Waals surface area contributed by atoms with E-state index in [1.807, 2.05) is 0 Å². The zero-order valence-electron chi connectivity index (χ0n) is 8.18. The lowest BCUT2D eigenvalue weighted by Gasteiger charge is -2.16. The quantitative estimate of drug-likeness (QED) is 0.711. The maximum absolute atomic E-state index is 12.8. The molecule has 1 rings (SSSR count). The molecule has 1 aromatic rings. The van der Waals surface area contributed by atoms with Crippen molar-refractivity contribution in [2.45, 2.75) is 12.1 Å². The summed E-state index contributed by atoms with van der Waals surface area (Å²) < 4.78 is 17.2. The molecular formula is C10H12FNO3. The number of ether oxygens (including phenoxy) is 1. The summed E-state index contributed by atoms with van der Waals surface area (Å²) in [6, 6.07) is 4.05. The van der Waals surface area contributed by atoms with Gasteiger partial charge in [-0.25, -0.2) is 4.39 Å². The molecule has 0 saturated heterocycles. The molecule has 2 atom stereocenters. The largest absolute Gasteiger partial charge is 0.468 e. The van der Waals surface area contributed by atoms with Crippen LogP contribution in [0.25, 0.3) is 0 Å². The Bertz CT molecular complexity index is 356. The van der Waals surface area contributed by atoms with Crippen molar-refractivity contribution in [2.75, 3.05) is 7.11 Å². The average Bonchev–Trinajstić information content (AvgIpc) is 2.26. The second-order valence-corrected chi connectivity index (χ2v) is 3.05. The summed E-state index contributed by atoms with van der Waals surface area (Å²) >= 11 is 0. The monoisotopic (exact) mass is 213 g/mol. The summed E-state index contributed by atoms with van der Waals surface area (Å²) in [7, 11) is 1.17. The van der Waals surface area contributed by atoms with Gasteiger partial charge in [-0.2, -0.15) is 0 Å². The van der Waals surface area contributed by atoms with Crippen LogP contribution in [0.1, 0.15) is 11.7 Å². The lowest BCUT2D eigenvalue weighted by Crippen LogP contribution is -2.37. The van der Waals surface area contributed by atoms with Crippen molar-refractivity contribution in [1.29, 1.82) is 0 Å². The fourth-order valence-corrected chi connectivity index (χ4v) is 1.16. The normalized spacial score (nSPS) is 14.4. The SMILES string of the molecule is COC(=O)[C@H](N)[C@H](O)c1cccc(F)c1. The molecule has 0 spiro atoms. The van der Waals surface area contributed by atoms with Crippen molar-refractivity contribution in [3.05, 3.63) is 35.6 Å². The molecule has 0 saturated carbocycles. The van der Waals surface area contributed by atoms with E-state index in [2.05, 4.69) is 4.74 Å². The summed E-state index contributed by atoms with van der Waals surface area (Å²) in [6.07, 6.45) is -1.27. The third-order valence-corrected chi connectivity index (χ3v) is 2.00. The van der Waals surface area contributed by atoms with Crippen LogP contribution in [-0.4, -0.2) is 24.2 Å². The first-order valence-corrected chi connectivity index (χ1v) is 4.33. The van der Waals surface area contributed by atoms with Crippen LogP contribution in [0, 0.1) is 5.82 Å². The van der Waals surface area contributed by atoms with Crippen molar-refractivity contribution in [3.63, 3.8) is 0 Å². The molecule has 1 aromatic carbocycles. The fraction of sp³-hybridized carbons (Fsp3) is 0.300. The van der Waals surface area contributed by atoms with Gasteiger partial charge >= 0.3 is 5.97 Å².